The summed E-state index contributed by atoms with van der Waals surface area (Å²) >= 11 is 0. The molecule has 2 heterocycles. The average Bonchev–Trinajstić information content (AvgIpc) is 3.33. The zero-order valence-electron chi connectivity index (χ0n) is 18.9. The SMILES string of the molecule is CCNC(=O)[C@]1(Cc2cccc(-c3ccncc3)c2)CCCN(C(=O)C[C@H]2C=CCC2)C1. The van der Waals surface area contributed by atoms with Crippen LogP contribution in [-0.2, 0) is 16.0 Å². The van der Waals surface area contributed by atoms with Gasteiger partial charge in [0, 0.05) is 38.4 Å². The number of likely N-dealkylation sites (tertiary alicyclic amines) is 1. The Morgan fingerprint density at radius 1 is 1.19 bits per heavy atom. The van der Waals surface area contributed by atoms with Crippen LogP contribution in [-0.4, -0.2) is 41.3 Å². The summed E-state index contributed by atoms with van der Waals surface area (Å²) in [7, 11) is 0. The molecule has 2 amide bonds. The Morgan fingerprint density at radius 3 is 2.78 bits per heavy atom. The Hall–Kier alpha value is -2.95. The number of carbonyl (C=O) groups is 2. The zero-order valence-corrected chi connectivity index (χ0v) is 18.9. The summed E-state index contributed by atoms with van der Waals surface area (Å²) in [5.74, 6) is 0.591. The molecule has 0 radical (unpaired) electrons. The number of piperidine rings is 1. The van der Waals surface area contributed by atoms with Crippen LogP contribution in [0.1, 0.15) is 44.6 Å². The van der Waals surface area contributed by atoms with Gasteiger partial charge in [0.1, 0.15) is 0 Å². The first kappa shape index (κ1) is 22.3. The number of benzene rings is 1. The third-order valence-corrected chi connectivity index (χ3v) is 6.78. The zero-order chi connectivity index (χ0) is 22.4. The lowest BCUT2D eigenvalue weighted by Crippen LogP contribution is -2.54. The fourth-order valence-corrected chi connectivity index (χ4v) is 5.12. The molecule has 168 valence electrons. The number of hydrogen-bond acceptors (Lipinski definition) is 3. The van der Waals surface area contributed by atoms with Gasteiger partial charge in [-0.15, -0.1) is 0 Å². The van der Waals surface area contributed by atoms with E-state index in [2.05, 4.69) is 46.7 Å². The van der Waals surface area contributed by atoms with Gasteiger partial charge in [-0.05, 0) is 73.8 Å². The van der Waals surface area contributed by atoms with E-state index >= 15 is 0 Å². The minimum atomic E-state index is -0.591. The van der Waals surface area contributed by atoms with Gasteiger partial charge in [-0.3, -0.25) is 14.6 Å². The number of nitrogens with one attached hydrogen (secondary N) is 1. The highest BCUT2D eigenvalue weighted by Gasteiger charge is 2.43. The van der Waals surface area contributed by atoms with Crippen LogP contribution in [0.5, 0.6) is 0 Å². The molecule has 0 unspecified atom stereocenters. The molecule has 1 fully saturated rings. The van der Waals surface area contributed by atoms with Crippen molar-refractivity contribution in [2.45, 2.75) is 45.4 Å². The predicted molar refractivity (Wildman–Crippen MR) is 127 cm³/mol. The van der Waals surface area contributed by atoms with Gasteiger partial charge in [-0.1, -0.05) is 36.4 Å². The molecule has 0 saturated carbocycles. The first-order valence-corrected chi connectivity index (χ1v) is 11.8. The molecule has 2 aromatic rings. The Morgan fingerprint density at radius 2 is 2.03 bits per heavy atom. The van der Waals surface area contributed by atoms with Gasteiger partial charge in [0.05, 0.1) is 5.41 Å². The Labute approximate surface area is 190 Å². The number of allylic oxidation sites excluding steroid dienone is 2. The molecule has 1 aromatic carbocycles. The summed E-state index contributed by atoms with van der Waals surface area (Å²) in [6, 6.07) is 12.4. The first-order valence-electron chi connectivity index (χ1n) is 11.8. The van der Waals surface area contributed by atoms with Crippen molar-refractivity contribution in [3.8, 4) is 11.1 Å². The van der Waals surface area contributed by atoms with Gasteiger partial charge in [-0.25, -0.2) is 0 Å². The van der Waals surface area contributed by atoms with E-state index in [1.54, 1.807) is 12.4 Å². The van der Waals surface area contributed by atoms with Crippen molar-refractivity contribution >= 4 is 11.8 Å². The third kappa shape index (κ3) is 5.09. The van der Waals surface area contributed by atoms with Crippen LogP contribution in [0.15, 0.2) is 60.9 Å². The number of carbonyl (C=O) groups excluding carboxylic acids is 2. The van der Waals surface area contributed by atoms with Crippen LogP contribution in [0.3, 0.4) is 0 Å². The lowest BCUT2D eigenvalue weighted by Gasteiger charge is -2.42. The molecular weight excluding hydrogens is 398 g/mol. The number of hydrogen-bond donors (Lipinski definition) is 1. The van der Waals surface area contributed by atoms with Crippen LogP contribution < -0.4 is 5.32 Å². The van der Waals surface area contributed by atoms with Gasteiger partial charge in [0.25, 0.3) is 0 Å². The largest absolute Gasteiger partial charge is 0.356 e. The van der Waals surface area contributed by atoms with Crippen molar-refractivity contribution in [1.29, 1.82) is 0 Å². The number of pyridine rings is 1. The van der Waals surface area contributed by atoms with Crippen LogP contribution in [0.2, 0.25) is 0 Å². The fourth-order valence-electron chi connectivity index (χ4n) is 5.12. The van der Waals surface area contributed by atoms with Crippen molar-refractivity contribution in [1.82, 2.24) is 15.2 Å². The third-order valence-electron chi connectivity index (χ3n) is 6.78. The van der Waals surface area contributed by atoms with Gasteiger partial charge in [0.15, 0.2) is 0 Å². The summed E-state index contributed by atoms with van der Waals surface area (Å²) in [5.41, 5.74) is 2.76. The molecule has 1 aliphatic carbocycles. The fraction of sp³-hybridized carbons (Fsp3) is 0.444. The van der Waals surface area contributed by atoms with E-state index in [0.717, 1.165) is 48.9 Å². The molecule has 32 heavy (non-hydrogen) atoms. The summed E-state index contributed by atoms with van der Waals surface area (Å²) in [4.78, 5) is 32.4. The Kier molecular flexibility index (Phi) is 7.03. The summed E-state index contributed by atoms with van der Waals surface area (Å²) in [5, 5.41) is 3.06. The highest BCUT2D eigenvalue weighted by molar-refractivity contribution is 5.85. The van der Waals surface area contributed by atoms with Crippen LogP contribution in [0.4, 0.5) is 0 Å². The second kappa shape index (κ2) is 10.1. The van der Waals surface area contributed by atoms with E-state index in [1.165, 1.54) is 0 Å². The molecule has 0 bridgehead atoms. The molecule has 2 aliphatic rings. The van der Waals surface area contributed by atoms with Crippen molar-refractivity contribution in [3.63, 3.8) is 0 Å². The highest BCUT2D eigenvalue weighted by Crippen LogP contribution is 2.36. The molecule has 2 atom stereocenters. The van der Waals surface area contributed by atoms with E-state index in [9.17, 15) is 9.59 Å². The van der Waals surface area contributed by atoms with Crippen molar-refractivity contribution in [2.24, 2.45) is 11.3 Å². The van der Waals surface area contributed by atoms with E-state index in [4.69, 9.17) is 0 Å². The lowest BCUT2D eigenvalue weighted by molar-refractivity contribution is -0.142. The molecule has 1 aliphatic heterocycles. The lowest BCUT2D eigenvalue weighted by atomic mass is 9.73. The highest BCUT2D eigenvalue weighted by atomic mass is 16.2. The summed E-state index contributed by atoms with van der Waals surface area (Å²) < 4.78 is 0. The molecule has 0 spiro atoms. The van der Waals surface area contributed by atoms with Crippen LogP contribution in [0, 0.1) is 11.3 Å². The first-order chi connectivity index (χ1) is 15.6. The van der Waals surface area contributed by atoms with Crippen molar-refractivity contribution in [2.75, 3.05) is 19.6 Å². The molecule has 5 nitrogen and oxygen atoms in total. The maximum absolute atomic E-state index is 13.3. The molecule has 1 aromatic heterocycles. The number of nitrogens with zero attached hydrogens (tertiary/aromatic N) is 2. The normalized spacial score (nSPS) is 22.7. The standard InChI is InChI=1S/C27H33N3O2/c1-2-29-26(32)27(13-6-16-30(20-27)25(31)18-21-7-3-4-8-21)19-22-9-5-10-24(17-22)23-11-14-28-15-12-23/h3,5,7,9-12,14-15,17,21H,2,4,6,8,13,16,18-20H2,1H3,(H,29,32)/t21-,27-/m0/s1. The molecule has 4 rings (SSSR count). The van der Waals surface area contributed by atoms with Gasteiger partial charge < -0.3 is 10.2 Å². The quantitative estimate of drug-likeness (QED) is 0.661. The minimum Gasteiger partial charge on any atom is -0.356 e. The van der Waals surface area contributed by atoms with Gasteiger partial charge in [0.2, 0.25) is 11.8 Å². The summed E-state index contributed by atoms with van der Waals surface area (Å²) in [6.45, 7) is 3.79. The van der Waals surface area contributed by atoms with Gasteiger partial charge >= 0.3 is 0 Å². The molecule has 1 saturated heterocycles. The second-order valence-corrected chi connectivity index (χ2v) is 9.14. The Balaban J connectivity index is 1.56. The number of amides is 2. The molecular formula is C27H33N3O2. The maximum atomic E-state index is 13.3. The molecule has 1 N–H and O–H groups in total. The smallest absolute Gasteiger partial charge is 0.228 e. The monoisotopic (exact) mass is 431 g/mol. The predicted octanol–water partition coefficient (Wildman–Crippen LogP) is 4.39. The van der Waals surface area contributed by atoms with E-state index in [-0.39, 0.29) is 11.8 Å². The summed E-state index contributed by atoms with van der Waals surface area (Å²) in [6.07, 6.45) is 12.9. The number of aromatic nitrogens is 1. The van der Waals surface area contributed by atoms with Gasteiger partial charge in [-0.2, -0.15) is 0 Å². The van der Waals surface area contributed by atoms with E-state index in [0.29, 0.717) is 31.8 Å². The van der Waals surface area contributed by atoms with E-state index in [1.807, 2.05) is 24.0 Å². The van der Waals surface area contributed by atoms with Crippen LogP contribution >= 0.6 is 0 Å². The minimum absolute atomic E-state index is 0.0626. The van der Waals surface area contributed by atoms with Crippen LogP contribution in [0.25, 0.3) is 11.1 Å². The average molecular weight is 432 g/mol. The topological polar surface area (TPSA) is 62.3 Å². The second-order valence-electron chi connectivity index (χ2n) is 9.14. The van der Waals surface area contributed by atoms with E-state index < -0.39 is 5.41 Å². The Bertz CT molecular complexity index is 972. The number of rotatable bonds is 7. The molecule has 5 heteroatoms. The van der Waals surface area contributed by atoms with Crippen molar-refractivity contribution in [3.05, 3.63) is 66.5 Å². The van der Waals surface area contributed by atoms with Crippen molar-refractivity contribution < 1.29 is 9.59 Å². The maximum Gasteiger partial charge on any atom is 0.228 e.